The first-order valence-corrected chi connectivity index (χ1v) is 7.75. The molecule has 24 heavy (non-hydrogen) atoms. The van der Waals surface area contributed by atoms with Crippen molar-refractivity contribution in [2.24, 2.45) is 0 Å². The molecule has 3 rings (SSSR count). The van der Waals surface area contributed by atoms with Crippen LogP contribution in [0.25, 0.3) is 5.69 Å². The molecule has 7 heteroatoms. The Kier molecular flexibility index (Phi) is 4.41. The SMILES string of the molecule is Cc1nc(CN(C(=O)c2ccccc2-n2cccn2)C(C)C)no1. The molecule has 0 atom stereocenters. The van der Waals surface area contributed by atoms with E-state index in [1.54, 1.807) is 28.8 Å². The second kappa shape index (κ2) is 6.66. The van der Waals surface area contributed by atoms with E-state index in [0.717, 1.165) is 5.69 Å². The van der Waals surface area contributed by atoms with E-state index >= 15 is 0 Å². The Morgan fingerprint density at radius 2 is 2.08 bits per heavy atom. The maximum Gasteiger partial charge on any atom is 0.256 e. The molecule has 0 saturated heterocycles. The molecule has 0 saturated carbocycles. The Balaban J connectivity index is 1.94. The van der Waals surface area contributed by atoms with Gasteiger partial charge in [0.15, 0.2) is 5.82 Å². The summed E-state index contributed by atoms with van der Waals surface area (Å²) in [5.74, 6) is 0.878. The molecule has 7 nitrogen and oxygen atoms in total. The Morgan fingerprint density at radius 3 is 2.71 bits per heavy atom. The number of para-hydroxylation sites is 1. The highest BCUT2D eigenvalue weighted by molar-refractivity contribution is 5.97. The lowest BCUT2D eigenvalue weighted by atomic mass is 10.1. The van der Waals surface area contributed by atoms with E-state index in [2.05, 4.69) is 15.2 Å². The van der Waals surface area contributed by atoms with E-state index in [9.17, 15) is 4.79 Å². The Hall–Kier alpha value is -2.96. The number of aromatic nitrogens is 4. The lowest BCUT2D eigenvalue weighted by molar-refractivity contribution is 0.0683. The second-order valence-corrected chi connectivity index (χ2v) is 5.72. The minimum atomic E-state index is -0.0986. The number of amides is 1. The van der Waals surface area contributed by atoms with Gasteiger partial charge in [-0.1, -0.05) is 17.3 Å². The maximum atomic E-state index is 13.1. The lowest BCUT2D eigenvalue weighted by Crippen LogP contribution is -2.37. The molecule has 2 heterocycles. The van der Waals surface area contributed by atoms with Gasteiger partial charge in [-0.3, -0.25) is 4.79 Å². The van der Waals surface area contributed by atoms with Crippen LogP contribution >= 0.6 is 0 Å². The first-order valence-electron chi connectivity index (χ1n) is 7.75. The van der Waals surface area contributed by atoms with Crippen LogP contribution in [0.2, 0.25) is 0 Å². The van der Waals surface area contributed by atoms with Crippen LogP contribution in [0.15, 0.2) is 47.2 Å². The monoisotopic (exact) mass is 325 g/mol. The predicted molar refractivity (Wildman–Crippen MR) is 87.6 cm³/mol. The van der Waals surface area contributed by atoms with Crippen molar-refractivity contribution < 1.29 is 9.32 Å². The summed E-state index contributed by atoms with van der Waals surface area (Å²) in [4.78, 5) is 19.0. The Bertz CT molecular complexity index is 823. The first kappa shape index (κ1) is 15.9. The molecular weight excluding hydrogens is 306 g/mol. The van der Waals surface area contributed by atoms with E-state index in [1.165, 1.54) is 0 Å². The Morgan fingerprint density at radius 1 is 1.29 bits per heavy atom. The van der Waals surface area contributed by atoms with Gasteiger partial charge in [0, 0.05) is 25.4 Å². The number of carbonyl (C=O) groups excluding carboxylic acids is 1. The summed E-state index contributed by atoms with van der Waals surface area (Å²) < 4.78 is 6.68. The topological polar surface area (TPSA) is 77.1 Å². The molecule has 0 N–H and O–H groups in total. The first-order chi connectivity index (χ1) is 11.6. The van der Waals surface area contributed by atoms with Crippen LogP contribution in [0.3, 0.4) is 0 Å². The molecule has 0 aliphatic carbocycles. The fraction of sp³-hybridized carbons (Fsp3) is 0.294. The van der Waals surface area contributed by atoms with Crippen molar-refractivity contribution in [1.29, 1.82) is 0 Å². The van der Waals surface area contributed by atoms with Gasteiger partial charge in [0.05, 0.1) is 17.8 Å². The van der Waals surface area contributed by atoms with Crippen LogP contribution in [0.5, 0.6) is 0 Å². The third-order valence-electron chi connectivity index (χ3n) is 3.65. The number of carbonyl (C=O) groups is 1. The molecule has 1 amide bonds. The largest absolute Gasteiger partial charge is 0.340 e. The van der Waals surface area contributed by atoms with E-state index in [-0.39, 0.29) is 11.9 Å². The summed E-state index contributed by atoms with van der Waals surface area (Å²) in [7, 11) is 0. The number of hydrogen-bond donors (Lipinski definition) is 0. The van der Waals surface area contributed by atoms with E-state index in [4.69, 9.17) is 4.52 Å². The van der Waals surface area contributed by atoms with Crippen LogP contribution in [0.4, 0.5) is 0 Å². The van der Waals surface area contributed by atoms with E-state index in [0.29, 0.717) is 23.8 Å². The molecule has 0 unspecified atom stereocenters. The van der Waals surface area contributed by atoms with Crippen molar-refractivity contribution in [3.63, 3.8) is 0 Å². The van der Waals surface area contributed by atoms with Gasteiger partial charge in [-0.25, -0.2) is 4.68 Å². The van der Waals surface area contributed by atoms with Gasteiger partial charge < -0.3 is 9.42 Å². The average Bonchev–Trinajstić information content (AvgIpc) is 3.23. The van der Waals surface area contributed by atoms with Crippen molar-refractivity contribution in [2.45, 2.75) is 33.4 Å². The van der Waals surface area contributed by atoms with Gasteiger partial charge in [-0.15, -0.1) is 0 Å². The molecule has 2 aromatic heterocycles. The minimum Gasteiger partial charge on any atom is -0.340 e. The molecule has 0 aliphatic heterocycles. The summed E-state index contributed by atoms with van der Waals surface area (Å²) in [5.41, 5.74) is 1.32. The van der Waals surface area contributed by atoms with Gasteiger partial charge in [0.1, 0.15) is 0 Å². The predicted octanol–water partition coefficient (Wildman–Crippen LogP) is 2.61. The summed E-state index contributed by atoms with van der Waals surface area (Å²) >= 11 is 0. The number of hydrogen-bond acceptors (Lipinski definition) is 5. The lowest BCUT2D eigenvalue weighted by Gasteiger charge is -2.26. The number of rotatable bonds is 5. The van der Waals surface area contributed by atoms with Crippen LogP contribution in [0.1, 0.15) is 35.9 Å². The van der Waals surface area contributed by atoms with Gasteiger partial charge in [0.25, 0.3) is 5.91 Å². The molecule has 124 valence electrons. The Labute approximate surface area is 139 Å². The van der Waals surface area contributed by atoms with Crippen LogP contribution in [-0.2, 0) is 6.54 Å². The molecule has 0 radical (unpaired) electrons. The molecule has 3 aromatic rings. The number of benzene rings is 1. The highest BCUT2D eigenvalue weighted by Crippen LogP contribution is 2.18. The molecule has 1 aromatic carbocycles. The number of nitrogens with zero attached hydrogens (tertiary/aromatic N) is 5. The van der Waals surface area contributed by atoms with Crippen molar-refractivity contribution in [1.82, 2.24) is 24.8 Å². The van der Waals surface area contributed by atoms with Gasteiger partial charge >= 0.3 is 0 Å². The highest BCUT2D eigenvalue weighted by Gasteiger charge is 2.23. The van der Waals surface area contributed by atoms with E-state index < -0.39 is 0 Å². The standard InChI is InChI=1S/C17H19N5O2/c1-12(2)21(11-16-19-13(3)24-20-16)17(23)14-7-4-5-8-15(14)22-10-6-9-18-22/h4-10,12H,11H2,1-3H3. The third-order valence-corrected chi connectivity index (χ3v) is 3.65. The normalized spacial score (nSPS) is 11.0. The zero-order valence-corrected chi connectivity index (χ0v) is 13.9. The van der Waals surface area contributed by atoms with Crippen molar-refractivity contribution in [3.8, 4) is 5.69 Å². The van der Waals surface area contributed by atoms with Crippen LogP contribution in [0, 0.1) is 6.92 Å². The average molecular weight is 325 g/mol. The quantitative estimate of drug-likeness (QED) is 0.720. The molecule has 0 aliphatic rings. The number of aryl methyl sites for hydroxylation is 1. The second-order valence-electron chi connectivity index (χ2n) is 5.72. The smallest absolute Gasteiger partial charge is 0.256 e. The summed E-state index contributed by atoms with van der Waals surface area (Å²) in [6.07, 6.45) is 3.50. The fourth-order valence-electron chi connectivity index (χ4n) is 2.47. The summed E-state index contributed by atoms with van der Waals surface area (Å²) in [6.45, 7) is 5.94. The van der Waals surface area contributed by atoms with Crippen molar-refractivity contribution in [3.05, 3.63) is 60.0 Å². The van der Waals surface area contributed by atoms with Gasteiger partial charge in [0.2, 0.25) is 5.89 Å². The molecule has 0 fully saturated rings. The summed E-state index contributed by atoms with van der Waals surface area (Å²) in [5, 5.41) is 8.12. The van der Waals surface area contributed by atoms with Gasteiger partial charge in [-0.05, 0) is 32.0 Å². The van der Waals surface area contributed by atoms with Gasteiger partial charge in [-0.2, -0.15) is 10.1 Å². The molecule has 0 spiro atoms. The van der Waals surface area contributed by atoms with E-state index in [1.807, 2.05) is 44.3 Å². The minimum absolute atomic E-state index is 0.0121. The maximum absolute atomic E-state index is 13.1. The summed E-state index contributed by atoms with van der Waals surface area (Å²) in [6, 6.07) is 9.21. The third kappa shape index (κ3) is 3.19. The molecule has 0 bridgehead atoms. The zero-order chi connectivity index (χ0) is 17.1. The fourth-order valence-corrected chi connectivity index (χ4v) is 2.47. The van der Waals surface area contributed by atoms with Crippen molar-refractivity contribution in [2.75, 3.05) is 0 Å². The molecular formula is C17H19N5O2. The highest BCUT2D eigenvalue weighted by atomic mass is 16.5. The van der Waals surface area contributed by atoms with Crippen molar-refractivity contribution >= 4 is 5.91 Å². The van der Waals surface area contributed by atoms with Crippen LogP contribution in [-0.4, -0.2) is 36.8 Å². The zero-order valence-electron chi connectivity index (χ0n) is 13.9. The van der Waals surface area contributed by atoms with Crippen LogP contribution < -0.4 is 0 Å².